The molecule has 8 heteroatoms. The number of halogens is 1. The highest BCUT2D eigenvalue weighted by molar-refractivity contribution is 5.76. The van der Waals surface area contributed by atoms with E-state index in [0.29, 0.717) is 12.8 Å². The molecule has 27 heavy (non-hydrogen) atoms. The smallest absolute Gasteiger partial charge is 0.324 e. The maximum Gasteiger partial charge on any atom is 0.324 e. The van der Waals surface area contributed by atoms with E-state index in [9.17, 15) is 23.9 Å². The van der Waals surface area contributed by atoms with E-state index in [1.807, 2.05) is 0 Å². The maximum absolute atomic E-state index is 12.3. The number of hydrogen-bond acceptors (Lipinski definition) is 6. The molecule has 0 aliphatic heterocycles. The van der Waals surface area contributed by atoms with Gasteiger partial charge in [0, 0.05) is 12.8 Å². The molecule has 1 atom stereocenters. The van der Waals surface area contributed by atoms with Crippen molar-refractivity contribution in [1.29, 1.82) is 0 Å². The second-order valence-electron chi connectivity index (χ2n) is 7.72. The van der Waals surface area contributed by atoms with E-state index in [2.05, 4.69) is 16.5 Å². The van der Waals surface area contributed by atoms with Crippen LogP contribution in [0.25, 0.3) is 0 Å². The predicted molar refractivity (Wildman–Crippen MR) is 95.0 cm³/mol. The lowest BCUT2D eigenvalue weighted by Gasteiger charge is -2.38. The van der Waals surface area contributed by atoms with Crippen LogP contribution >= 0.6 is 0 Å². The summed E-state index contributed by atoms with van der Waals surface area (Å²) in [5, 5.41) is 12.8. The minimum absolute atomic E-state index is 0.00549. The molecule has 7 nitrogen and oxygen atoms in total. The summed E-state index contributed by atoms with van der Waals surface area (Å²) in [5.74, 6) is -0.438. The minimum Gasteiger partial charge on any atom is -0.385 e. The van der Waals surface area contributed by atoms with E-state index in [0.717, 1.165) is 19.3 Å². The number of carbonyl (C=O) groups is 1. The zero-order valence-electron chi connectivity index (χ0n) is 17.4. The van der Waals surface area contributed by atoms with Crippen molar-refractivity contribution in [3.8, 4) is 0 Å². The number of carbonyl (C=O) groups excluding carboxylic acids is 1. The highest BCUT2D eigenvalue weighted by Gasteiger charge is 2.57. The van der Waals surface area contributed by atoms with Crippen LogP contribution in [0.3, 0.4) is 0 Å². The molecule has 0 spiro atoms. The third-order valence-electron chi connectivity index (χ3n) is 4.67. The van der Waals surface area contributed by atoms with Gasteiger partial charge in [0.15, 0.2) is 0 Å². The van der Waals surface area contributed by atoms with Gasteiger partial charge in [-0.3, -0.25) is 4.79 Å². The molecule has 0 saturated carbocycles. The molecule has 0 aliphatic rings. The van der Waals surface area contributed by atoms with Crippen LogP contribution in [0.1, 0.15) is 105 Å². The molecule has 0 aliphatic carbocycles. The van der Waals surface area contributed by atoms with Gasteiger partial charge in [0.2, 0.25) is 5.91 Å². The van der Waals surface area contributed by atoms with Crippen molar-refractivity contribution in [1.82, 2.24) is 5.32 Å². The van der Waals surface area contributed by atoms with Crippen LogP contribution in [0.4, 0.5) is 0 Å². The molecule has 1 amide bonds. The fourth-order valence-electron chi connectivity index (χ4n) is 3.07. The van der Waals surface area contributed by atoms with E-state index < -0.39 is 27.5 Å². The van der Waals surface area contributed by atoms with E-state index in [-0.39, 0.29) is 12.8 Å². The Bertz CT molecular complexity index is 408. The standard InChI is InChI=1S/C19H38ClNO6/c1-5-7-8-9-10-11-12-13-14-15-17(22)21-19(16-6-2,18(3,4)23)27-20(24,25)26/h23H,5-16H2,1-4H3,(H,21,22). The van der Waals surface area contributed by atoms with Gasteiger partial charge in [0.25, 0.3) is 0 Å². The summed E-state index contributed by atoms with van der Waals surface area (Å²) in [5.41, 5.74) is -3.72. The third kappa shape index (κ3) is 11.9. The molecule has 0 saturated heterocycles. The Labute approximate surface area is 166 Å². The number of amides is 1. The lowest BCUT2D eigenvalue weighted by molar-refractivity contribution is -1.92. The van der Waals surface area contributed by atoms with Gasteiger partial charge in [-0.15, -0.1) is 0 Å². The van der Waals surface area contributed by atoms with Crippen LogP contribution in [0.15, 0.2) is 0 Å². The number of unbranched alkanes of at least 4 members (excludes halogenated alkanes) is 8. The fraction of sp³-hybridized carbons (Fsp3) is 0.947. The summed E-state index contributed by atoms with van der Waals surface area (Å²) in [7, 11) is -4.80. The topological polar surface area (TPSA) is 128 Å². The maximum atomic E-state index is 12.3. The summed E-state index contributed by atoms with van der Waals surface area (Å²) in [6.45, 7) is 6.55. The molecular weight excluding hydrogens is 374 g/mol. The number of rotatable bonds is 16. The zero-order chi connectivity index (χ0) is 21.0. The Morgan fingerprint density at radius 2 is 1.41 bits per heavy atom. The average molecular weight is 412 g/mol. The molecule has 0 bridgehead atoms. The number of aliphatic hydroxyl groups is 1. The van der Waals surface area contributed by atoms with E-state index in [1.54, 1.807) is 6.92 Å². The van der Waals surface area contributed by atoms with E-state index in [1.165, 1.54) is 46.0 Å². The first-order chi connectivity index (χ1) is 12.5. The highest BCUT2D eigenvalue weighted by atomic mass is 35.7. The van der Waals surface area contributed by atoms with Gasteiger partial charge in [-0.25, -0.2) is 0 Å². The second kappa shape index (κ2) is 12.9. The first kappa shape index (κ1) is 26.6. The van der Waals surface area contributed by atoms with Crippen LogP contribution in [0.5, 0.6) is 0 Å². The van der Waals surface area contributed by atoms with Crippen LogP contribution in [0.2, 0.25) is 0 Å². The monoisotopic (exact) mass is 411 g/mol. The van der Waals surface area contributed by atoms with Crippen molar-refractivity contribution in [2.75, 3.05) is 0 Å². The molecule has 0 aromatic carbocycles. The Hall–Kier alpha value is -0.440. The molecule has 0 radical (unpaired) electrons. The highest BCUT2D eigenvalue weighted by Crippen LogP contribution is 2.31. The van der Waals surface area contributed by atoms with Gasteiger partial charge >= 0.3 is 5.72 Å². The zero-order valence-corrected chi connectivity index (χ0v) is 18.1. The van der Waals surface area contributed by atoms with Crippen LogP contribution in [-0.4, -0.2) is 22.3 Å². The molecule has 0 heterocycles. The molecule has 2 N–H and O–H groups in total. The second-order valence-corrected chi connectivity index (χ2v) is 8.63. The van der Waals surface area contributed by atoms with Crippen LogP contribution in [-0.2, 0) is 9.08 Å². The van der Waals surface area contributed by atoms with Gasteiger partial charge in [-0.1, -0.05) is 71.6 Å². The van der Waals surface area contributed by atoms with E-state index in [4.69, 9.17) is 0 Å². The third-order valence-corrected chi connectivity index (χ3v) is 5.12. The van der Waals surface area contributed by atoms with Crippen LogP contribution in [0, 0.1) is 10.2 Å². The largest absolute Gasteiger partial charge is 0.385 e. The van der Waals surface area contributed by atoms with Crippen molar-refractivity contribution in [3.63, 3.8) is 0 Å². The number of hydrogen-bond donors (Lipinski definition) is 2. The minimum atomic E-state index is -4.80. The summed E-state index contributed by atoms with van der Waals surface area (Å²) < 4.78 is 37.9. The summed E-state index contributed by atoms with van der Waals surface area (Å²) >= 11 is 0. The normalized spacial score (nSPS) is 14.8. The SMILES string of the molecule is CCCCCCCCCCCC(=O)NC(CCC)(O[Cl+3]([O-])([O-])[O-])C(C)(C)O. The Balaban J connectivity index is 4.45. The molecule has 162 valence electrons. The Kier molecular flexibility index (Phi) is 12.7. The quantitative estimate of drug-likeness (QED) is 0.290. The van der Waals surface area contributed by atoms with Gasteiger partial charge < -0.3 is 10.4 Å². The number of nitrogens with one attached hydrogen (secondary N) is 1. The lowest BCUT2D eigenvalue weighted by Crippen LogP contribution is -2.72. The van der Waals surface area contributed by atoms with Crippen molar-refractivity contribution in [2.24, 2.45) is 0 Å². The summed E-state index contributed by atoms with van der Waals surface area (Å²) in [6, 6.07) is 0. The first-order valence-electron chi connectivity index (χ1n) is 10.1. The van der Waals surface area contributed by atoms with Crippen LogP contribution < -0.4 is 19.3 Å². The lowest BCUT2D eigenvalue weighted by atomic mass is 9.90. The van der Waals surface area contributed by atoms with Gasteiger partial charge in [-0.05, 0) is 20.3 Å². The summed E-state index contributed by atoms with van der Waals surface area (Å²) in [4.78, 5) is 12.3. The first-order valence-corrected chi connectivity index (χ1v) is 11.4. The van der Waals surface area contributed by atoms with Crippen molar-refractivity contribution in [3.05, 3.63) is 0 Å². The fourth-order valence-corrected chi connectivity index (χ4v) is 3.70. The Morgan fingerprint density at radius 1 is 0.926 bits per heavy atom. The van der Waals surface area contributed by atoms with E-state index >= 15 is 0 Å². The van der Waals surface area contributed by atoms with Gasteiger partial charge in [0.05, 0.1) is 14.5 Å². The predicted octanol–water partition coefficient (Wildman–Crippen LogP) is 1.20. The average Bonchev–Trinajstić information content (AvgIpc) is 2.50. The molecule has 0 rings (SSSR count). The van der Waals surface area contributed by atoms with Crippen molar-refractivity contribution in [2.45, 2.75) is 116 Å². The Morgan fingerprint density at radius 3 is 1.81 bits per heavy atom. The van der Waals surface area contributed by atoms with Crippen molar-refractivity contribution < 1.29 is 38.4 Å². The molecule has 0 fully saturated rings. The molecule has 1 unspecified atom stereocenters. The van der Waals surface area contributed by atoms with Gasteiger partial charge in [0.1, 0.15) is 5.60 Å². The molecule has 0 aromatic rings. The molecule has 0 aromatic heterocycles. The van der Waals surface area contributed by atoms with Crippen molar-refractivity contribution >= 4 is 5.91 Å². The summed E-state index contributed by atoms with van der Waals surface area (Å²) in [6.07, 6.45) is 10.6. The molecular formula is C19H38ClNO6. The van der Waals surface area contributed by atoms with Gasteiger partial charge in [-0.2, -0.15) is 14.0 Å².